The summed E-state index contributed by atoms with van der Waals surface area (Å²) < 4.78 is 2.69. The van der Waals surface area contributed by atoms with Crippen LogP contribution in [-0.4, -0.2) is 18.8 Å². The lowest BCUT2D eigenvalue weighted by Gasteiger charge is -2.25. The molecular weight excluding hydrogens is 330 g/mol. The number of anilines is 2. The average molecular weight is 352 g/mol. The molecule has 1 heterocycles. The number of hydrogen-bond donors (Lipinski definition) is 1. The third-order valence-electron chi connectivity index (χ3n) is 4.23. The third kappa shape index (κ3) is 2.90. The zero-order valence-corrected chi connectivity index (χ0v) is 15.8. The number of nitrogens with one attached hydrogen (secondary N) is 1. The van der Waals surface area contributed by atoms with Crippen LogP contribution in [0.1, 0.15) is 0 Å². The fraction of sp³-hybridized carbons (Fsp3) is 0.143. The second-order valence-corrected chi connectivity index (χ2v) is 12.0. The van der Waals surface area contributed by atoms with Gasteiger partial charge in [-0.15, -0.1) is 11.3 Å². The van der Waals surface area contributed by atoms with Crippen molar-refractivity contribution in [3.8, 4) is 0 Å². The van der Waals surface area contributed by atoms with E-state index in [4.69, 9.17) is 0 Å². The third-order valence-corrected chi connectivity index (χ3v) is 7.07. The molecule has 24 heavy (non-hydrogen) atoms. The Morgan fingerprint density at radius 1 is 0.708 bits per heavy atom. The molecule has 0 spiro atoms. The van der Waals surface area contributed by atoms with Crippen LogP contribution in [-0.2, 0) is 0 Å². The molecule has 0 aliphatic carbocycles. The first kappa shape index (κ1) is 15.6. The summed E-state index contributed by atoms with van der Waals surface area (Å²) in [5.41, 5.74) is 2.28. The molecular formula is C21H21NS2. The van der Waals surface area contributed by atoms with Crippen molar-refractivity contribution in [3.63, 3.8) is 0 Å². The lowest BCUT2D eigenvalue weighted by molar-refractivity contribution is 1.42. The molecule has 0 radical (unpaired) electrons. The molecule has 3 aromatic carbocycles. The molecule has 4 aromatic rings. The van der Waals surface area contributed by atoms with Crippen LogP contribution in [0, 0.1) is 0 Å². The van der Waals surface area contributed by atoms with Crippen LogP contribution in [0.15, 0.2) is 71.6 Å². The minimum atomic E-state index is -0.664. The van der Waals surface area contributed by atoms with Crippen molar-refractivity contribution in [2.75, 3.05) is 24.1 Å². The molecule has 0 atom stereocenters. The first-order chi connectivity index (χ1) is 11.5. The average Bonchev–Trinajstić information content (AvgIpc) is 2.93. The van der Waals surface area contributed by atoms with Crippen molar-refractivity contribution >= 4 is 52.9 Å². The maximum atomic E-state index is 3.54. The zero-order chi connectivity index (χ0) is 16.7. The van der Waals surface area contributed by atoms with E-state index in [1.807, 2.05) is 11.3 Å². The second kappa shape index (κ2) is 5.83. The van der Waals surface area contributed by atoms with E-state index >= 15 is 0 Å². The molecule has 3 heteroatoms. The number of fused-ring (bicyclic) bond motifs is 3. The van der Waals surface area contributed by atoms with Crippen LogP contribution < -0.4 is 5.32 Å². The Hall–Kier alpha value is -1.97. The van der Waals surface area contributed by atoms with Crippen molar-refractivity contribution in [1.82, 2.24) is 0 Å². The van der Waals surface area contributed by atoms with E-state index in [0.29, 0.717) is 0 Å². The van der Waals surface area contributed by atoms with Gasteiger partial charge in [0.1, 0.15) is 0 Å². The Kier molecular flexibility index (Phi) is 3.78. The zero-order valence-electron chi connectivity index (χ0n) is 14.2. The molecule has 122 valence electrons. The van der Waals surface area contributed by atoms with E-state index in [9.17, 15) is 0 Å². The van der Waals surface area contributed by atoms with E-state index in [-0.39, 0.29) is 0 Å². The SMILES string of the molecule is CS(C)(C)c1ccc(Nc2ccc3sc4ccccc4c3c2)cc1. The molecule has 0 aliphatic rings. The number of rotatable bonds is 3. The molecule has 0 saturated carbocycles. The predicted molar refractivity (Wildman–Crippen MR) is 113 cm³/mol. The summed E-state index contributed by atoms with van der Waals surface area (Å²) >= 11 is 1.86. The summed E-state index contributed by atoms with van der Waals surface area (Å²) in [6.07, 6.45) is 6.97. The van der Waals surface area contributed by atoms with Gasteiger partial charge in [-0.1, -0.05) is 18.2 Å². The molecule has 0 saturated heterocycles. The van der Waals surface area contributed by atoms with E-state index in [2.05, 4.69) is 90.8 Å². The van der Waals surface area contributed by atoms with Crippen LogP contribution in [0.3, 0.4) is 0 Å². The largest absolute Gasteiger partial charge is 0.356 e. The molecule has 0 bridgehead atoms. The maximum absolute atomic E-state index is 3.54. The summed E-state index contributed by atoms with van der Waals surface area (Å²) in [5.74, 6) is 0. The molecule has 1 N–H and O–H groups in total. The first-order valence-corrected chi connectivity index (χ1v) is 11.6. The predicted octanol–water partition coefficient (Wildman–Crippen LogP) is 6.85. The maximum Gasteiger partial charge on any atom is 0.0391 e. The smallest absolute Gasteiger partial charge is 0.0391 e. The van der Waals surface area contributed by atoms with Crippen LogP contribution in [0.5, 0.6) is 0 Å². The van der Waals surface area contributed by atoms with E-state index < -0.39 is 10.0 Å². The highest BCUT2D eigenvalue weighted by molar-refractivity contribution is 8.32. The highest BCUT2D eigenvalue weighted by Gasteiger charge is 2.08. The topological polar surface area (TPSA) is 12.0 Å². The van der Waals surface area contributed by atoms with Crippen LogP contribution in [0.4, 0.5) is 11.4 Å². The van der Waals surface area contributed by atoms with Crippen LogP contribution in [0.2, 0.25) is 0 Å². The second-order valence-electron chi connectivity index (χ2n) is 6.80. The lowest BCUT2D eigenvalue weighted by Crippen LogP contribution is -1.94. The molecule has 4 rings (SSSR count). The Morgan fingerprint density at radius 2 is 1.38 bits per heavy atom. The van der Waals surface area contributed by atoms with Gasteiger partial charge in [0.2, 0.25) is 0 Å². The monoisotopic (exact) mass is 351 g/mol. The molecule has 0 fully saturated rings. The van der Waals surface area contributed by atoms with Gasteiger partial charge in [0, 0.05) is 31.5 Å². The minimum Gasteiger partial charge on any atom is -0.356 e. The summed E-state index contributed by atoms with van der Waals surface area (Å²) in [6, 6.07) is 24.1. The minimum absolute atomic E-state index is 0.664. The Bertz CT molecular complexity index is 1010. The Morgan fingerprint density at radius 3 is 2.12 bits per heavy atom. The Balaban J connectivity index is 1.68. The van der Waals surface area contributed by atoms with Gasteiger partial charge in [-0.3, -0.25) is 0 Å². The van der Waals surface area contributed by atoms with Gasteiger partial charge < -0.3 is 5.32 Å². The summed E-state index contributed by atoms with van der Waals surface area (Å²) in [7, 11) is -0.664. The van der Waals surface area contributed by atoms with Crippen molar-refractivity contribution in [2.24, 2.45) is 0 Å². The molecule has 0 aliphatic heterocycles. The number of hydrogen-bond acceptors (Lipinski definition) is 2. The number of thiophene rings is 1. The van der Waals surface area contributed by atoms with Crippen LogP contribution >= 0.6 is 21.4 Å². The molecule has 0 unspecified atom stereocenters. The van der Waals surface area contributed by atoms with Gasteiger partial charge in [-0.05, 0) is 72.2 Å². The van der Waals surface area contributed by atoms with Crippen molar-refractivity contribution in [3.05, 3.63) is 66.7 Å². The molecule has 1 nitrogen and oxygen atoms in total. The summed E-state index contributed by atoms with van der Waals surface area (Å²) in [5, 5.41) is 6.21. The number of benzene rings is 3. The van der Waals surface area contributed by atoms with Crippen LogP contribution in [0.25, 0.3) is 20.2 Å². The first-order valence-electron chi connectivity index (χ1n) is 7.97. The highest BCUT2D eigenvalue weighted by Crippen LogP contribution is 2.45. The quantitative estimate of drug-likeness (QED) is 0.425. The standard InChI is InChI=1S/C21H21NS2/c1-24(2,3)17-11-8-15(9-12-17)22-16-10-13-21-19(14-16)18-6-4-5-7-20(18)23-21/h4-14,22H,1-3H3. The lowest BCUT2D eigenvalue weighted by atomic mass is 10.1. The van der Waals surface area contributed by atoms with E-state index in [0.717, 1.165) is 11.4 Å². The fourth-order valence-electron chi connectivity index (χ4n) is 2.92. The molecule has 0 amide bonds. The molecule has 1 aromatic heterocycles. The summed E-state index contributed by atoms with van der Waals surface area (Å²) in [4.78, 5) is 1.44. The van der Waals surface area contributed by atoms with Gasteiger partial charge in [0.15, 0.2) is 0 Å². The van der Waals surface area contributed by atoms with E-state index in [1.54, 1.807) is 0 Å². The van der Waals surface area contributed by atoms with Crippen molar-refractivity contribution < 1.29 is 0 Å². The van der Waals surface area contributed by atoms with Gasteiger partial charge in [0.25, 0.3) is 0 Å². The van der Waals surface area contributed by atoms with Gasteiger partial charge in [-0.25, -0.2) is 10.0 Å². The Labute approximate surface area is 148 Å². The van der Waals surface area contributed by atoms with Gasteiger partial charge in [0.05, 0.1) is 0 Å². The van der Waals surface area contributed by atoms with E-state index in [1.165, 1.54) is 25.1 Å². The van der Waals surface area contributed by atoms with Crippen molar-refractivity contribution in [1.29, 1.82) is 0 Å². The van der Waals surface area contributed by atoms with Gasteiger partial charge in [-0.2, -0.15) is 0 Å². The van der Waals surface area contributed by atoms with Crippen molar-refractivity contribution in [2.45, 2.75) is 4.90 Å². The normalized spacial score (nSPS) is 12.6. The summed E-state index contributed by atoms with van der Waals surface area (Å²) in [6.45, 7) is 0. The highest BCUT2D eigenvalue weighted by atomic mass is 32.3. The van der Waals surface area contributed by atoms with Gasteiger partial charge >= 0.3 is 0 Å². The fourth-order valence-corrected chi connectivity index (χ4v) is 4.96.